The molecule has 0 aromatic heterocycles. The van der Waals surface area contributed by atoms with Crippen LogP contribution in [0.4, 0.5) is 0 Å². The van der Waals surface area contributed by atoms with Crippen LogP contribution >= 0.6 is 7.82 Å². The van der Waals surface area contributed by atoms with Gasteiger partial charge in [-0.05, 0) is 12.8 Å². The summed E-state index contributed by atoms with van der Waals surface area (Å²) in [5.41, 5.74) is 0. The minimum Gasteiger partial charge on any atom is -0.756 e. The maximum Gasteiger partial charge on any atom is 1.00 e. The van der Waals surface area contributed by atoms with Crippen LogP contribution in [0.15, 0.2) is 0 Å². The Morgan fingerprint density at radius 3 is 0.938 bits per heavy atom. The topological polar surface area (TPSA) is 58.6 Å². The number of hydrogen-bond donors (Lipinski definition) is 0. The van der Waals surface area contributed by atoms with Gasteiger partial charge in [-0.15, -0.1) is 0 Å². The first kappa shape index (κ1) is 35.9. The predicted molar refractivity (Wildman–Crippen MR) is 132 cm³/mol. The van der Waals surface area contributed by atoms with E-state index in [-0.39, 0.29) is 64.6 Å². The zero-order chi connectivity index (χ0) is 22.9. The Hall–Kier alpha value is 1.75. The van der Waals surface area contributed by atoms with Crippen LogP contribution in [0.1, 0.15) is 155 Å². The fraction of sp³-hybridized carbons (Fsp3) is 1.00. The van der Waals surface area contributed by atoms with Gasteiger partial charge >= 0.3 is 51.4 Å². The van der Waals surface area contributed by atoms with Gasteiger partial charge in [0, 0.05) is 0 Å². The maximum absolute atomic E-state index is 11.8. The Bertz CT molecular complexity index is 364. The van der Waals surface area contributed by atoms with Crippen LogP contribution in [-0.4, -0.2) is 13.2 Å². The quantitative estimate of drug-likeness (QED) is 0.0816. The van der Waals surface area contributed by atoms with Crippen molar-refractivity contribution in [2.75, 3.05) is 13.2 Å². The summed E-state index contributed by atoms with van der Waals surface area (Å²) in [6.45, 7) is 5.02. The van der Waals surface area contributed by atoms with Crippen molar-refractivity contribution in [2.45, 2.75) is 155 Å². The molecule has 0 radical (unpaired) electrons. The summed E-state index contributed by atoms with van der Waals surface area (Å²) in [6.07, 6.45) is 27.4. The standard InChI is InChI=1S/C26H55O4P.K/c1-3-5-7-9-11-13-15-17-19-21-23-25-29-31(27,28)30-26-24-22-20-18-16-14-12-10-8-6-4-2;/h3-26H2,1-2H3,(H,27,28);/q;+1/p-1. The number of hydrogen-bond acceptors (Lipinski definition) is 4. The minimum absolute atomic E-state index is 0. The Kier molecular flexibility index (Phi) is 32.5. The van der Waals surface area contributed by atoms with E-state index in [1.54, 1.807) is 0 Å². The van der Waals surface area contributed by atoms with Crippen LogP contribution in [0.3, 0.4) is 0 Å². The van der Waals surface area contributed by atoms with Crippen LogP contribution in [0.5, 0.6) is 0 Å². The summed E-state index contributed by atoms with van der Waals surface area (Å²) in [5.74, 6) is 0. The molecule has 0 N–H and O–H groups in total. The molecule has 0 atom stereocenters. The number of rotatable bonds is 26. The molecule has 0 aromatic rings. The van der Waals surface area contributed by atoms with Crippen molar-refractivity contribution in [2.24, 2.45) is 0 Å². The molecule has 0 aromatic carbocycles. The molecular weight excluding hydrogens is 446 g/mol. The van der Waals surface area contributed by atoms with E-state index in [0.717, 1.165) is 25.7 Å². The fourth-order valence-electron chi connectivity index (χ4n) is 3.92. The summed E-state index contributed by atoms with van der Waals surface area (Å²) in [5, 5.41) is 0. The molecule has 0 aliphatic heterocycles. The number of unbranched alkanes of at least 4 members (excludes halogenated alkanes) is 20. The van der Waals surface area contributed by atoms with E-state index in [1.807, 2.05) is 0 Å². The van der Waals surface area contributed by atoms with Crippen LogP contribution in [0, 0.1) is 0 Å². The van der Waals surface area contributed by atoms with Gasteiger partial charge in [-0.3, -0.25) is 4.57 Å². The third-order valence-electron chi connectivity index (χ3n) is 5.99. The average molecular weight is 501 g/mol. The summed E-state index contributed by atoms with van der Waals surface area (Å²) >= 11 is 0. The van der Waals surface area contributed by atoms with Crippen molar-refractivity contribution in [3.05, 3.63) is 0 Å². The zero-order valence-electron chi connectivity index (χ0n) is 22.1. The SMILES string of the molecule is CCCCCCCCCCCCCOP(=O)([O-])OCCCCCCCCCCCCC.[K+]. The molecule has 0 aliphatic carbocycles. The van der Waals surface area contributed by atoms with Crippen molar-refractivity contribution >= 4 is 7.82 Å². The van der Waals surface area contributed by atoms with E-state index in [2.05, 4.69) is 13.8 Å². The van der Waals surface area contributed by atoms with Gasteiger partial charge < -0.3 is 13.9 Å². The molecule has 0 rings (SSSR count). The Morgan fingerprint density at radius 1 is 0.469 bits per heavy atom. The molecule has 0 heterocycles. The summed E-state index contributed by atoms with van der Waals surface area (Å²) in [4.78, 5) is 11.8. The van der Waals surface area contributed by atoms with E-state index in [0.29, 0.717) is 0 Å². The van der Waals surface area contributed by atoms with Gasteiger partial charge in [-0.2, -0.15) is 0 Å². The van der Waals surface area contributed by atoms with Gasteiger partial charge in [0.1, 0.15) is 0 Å². The molecule has 0 saturated carbocycles. The van der Waals surface area contributed by atoms with Crippen molar-refractivity contribution in [3.63, 3.8) is 0 Å². The van der Waals surface area contributed by atoms with E-state index in [9.17, 15) is 9.46 Å². The minimum atomic E-state index is -4.10. The third-order valence-corrected chi connectivity index (χ3v) is 6.99. The van der Waals surface area contributed by atoms with Crippen LogP contribution in [0.2, 0.25) is 0 Å². The molecule has 32 heavy (non-hydrogen) atoms. The second-order valence-corrected chi connectivity index (χ2v) is 10.6. The summed E-state index contributed by atoms with van der Waals surface area (Å²) in [6, 6.07) is 0. The van der Waals surface area contributed by atoms with Crippen LogP contribution in [0.25, 0.3) is 0 Å². The first-order chi connectivity index (χ1) is 15.1. The number of phosphoric ester groups is 1. The van der Waals surface area contributed by atoms with Crippen LogP contribution in [-0.2, 0) is 13.6 Å². The van der Waals surface area contributed by atoms with Gasteiger partial charge in [-0.1, -0.05) is 142 Å². The van der Waals surface area contributed by atoms with E-state index in [1.165, 1.54) is 116 Å². The normalized spacial score (nSPS) is 11.6. The van der Waals surface area contributed by atoms with E-state index in [4.69, 9.17) is 9.05 Å². The summed E-state index contributed by atoms with van der Waals surface area (Å²) in [7, 11) is -4.10. The van der Waals surface area contributed by atoms with Crippen molar-refractivity contribution in [1.82, 2.24) is 0 Å². The number of phosphoric acid groups is 1. The smallest absolute Gasteiger partial charge is 0.756 e. The zero-order valence-corrected chi connectivity index (χ0v) is 26.1. The van der Waals surface area contributed by atoms with Gasteiger partial charge in [0.25, 0.3) is 7.82 Å². The van der Waals surface area contributed by atoms with Crippen molar-refractivity contribution in [1.29, 1.82) is 0 Å². The molecule has 0 aliphatic rings. The molecule has 0 bridgehead atoms. The first-order valence-corrected chi connectivity index (χ1v) is 15.2. The van der Waals surface area contributed by atoms with Gasteiger partial charge in [0.2, 0.25) is 0 Å². The largest absolute Gasteiger partial charge is 1.00 e. The van der Waals surface area contributed by atoms with Gasteiger partial charge in [0.15, 0.2) is 0 Å². The van der Waals surface area contributed by atoms with Gasteiger partial charge in [0.05, 0.1) is 13.2 Å². The Morgan fingerprint density at radius 2 is 0.688 bits per heavy atom. The first-order valence-electron chi connectivity index (χ1n) is 13.7. The summed E-state index contributed by atoms with van der Waals surface area (Å²) < 4.78 is 21.8. The third kappa shape index (κ3) is 29.8. The molecular formula is C26H54KO4P. The molecule has 188 valence electrons. The Labute approximate surface area is 243 Å². The fourth-order valence-corrected chi connectivity index (χ4v) is 4.70. The van der Waals surface area contributed by atoms with Gasteiger partial charge in [-0.25, -0.2) is 0 Å². The monoisotopic (exact) mass is 500 g/mol. The molecule has 0 amide bonds. The molecule has 0 fully saturated rings. The average Bonchev–Trinajstić information content (AvgIpc) is 2.75. The Balaban J connectivity index is 0. The van der Waals surface area contributed by atoms with Crippen molar-refractivity contribution < 1.29 is 69.9 Å². The molecule has 0 unspecified atom stereocenters. The molecule has 6 heteroatoms. The van der Waals surface area contributed by atoms with E-state index < -0.39 is 7.82 Å². The maximum atomic E-state index is 11.8. The van der Waals surface area contributed by atoms with Crippen LogP contribution < -0.4 is 56.3 Å². The van der Waals surface area contributed by atoms with Crippen molar-refractivity contribution in [3.8, 4) is 0 Å². The van der Waals surface area contributed by atoms with E-state index >= 15 is 0 Å². The second kappa shape index (κ2) is 29.0. The predicted octanol–water partition coefficient (Wildman–Crippen LogP) is 6.11. The molecule has 4 nitrogen and oxygen atoms in total. The molecule has 0 saturated heterocycles. The second-order valence-electron chi connectivity index (χ2n) is 9.18. The molecule has 0 spiro atoms.